The molecule has 2 N–H and O–H groups in total. The summed E-state index contributed by atoms with van der Waals surface area (Å²) in [5, 5.41) is 3.49. The lowest BCUT2D eigenvalue weighted by atomic mass is 10.1. The minimum atomic E-state index is -0.158. The lowest BCUT2D eigenvalue weighted by Crippen LogP contribution is -2.50. The highest BCUT2D eigenvalue weighted by Crippen LogP contribution is 2.24. The van der Waals surface area contributed by atoms with Crippen molar-refractivity contribution in [2.75, 3.05) is 36.4 Å². The molecule has 140 valence electrons. The topological polar surface area (TPSA) is 77.2 Å². The van der Waals surface area contributed by atoms with Crippen molar-refractivity contribution in [3.8, 4) is 0 Å². The van der Waals surface area contributed by atoms with E-state index in [-0.39, 0.29) is 6.03 Å². The minimum Gasteiger partial charge on any atom is -0.352 e. The number of nitrogens with zero attached hydrogens (tertiary/aromatic N) is 4. The number of fused-ring (bicyclic) bond motifs is 1. The molecule has 3 aromatic rings. The van der Waals surface area contributed by atoms with Gasteiger partial charge in [0.05, 0.1) is 16.1 Å². The zero-order valence-electron chi connectivity index (χ0n) is 15.3. The first-order chi connectivity index (χ1) is 13.0. The first-order valence-corrected chi connectivity index (χ1v) is 9.27. The van der Waals surface area contributed by atoms with E-state index < -0.39 is 0 Å². The van der Waals surface area contributed by atoms with Gasteiger partial charge >= 0.3 is 6.03 Å². The van der Waals surface area contributed by atoms with Crippen LogP contribution in [0.15, 0.2) is 30.5 Å². The Morgan fingerprint density at radius 3 is 2.67 bits per heavy atom. The monoisotopic (exact) mass is 384 g/mol. The number of anilines is 2. The zero-order chi connectivity index (χ0) is 19.0. The molecule has 0 atom stereocenters. The number of carbonyl (C=O) groups is 1. The number of piperazine rings is 1. The Morgan fingerprint density at radius 1 is 1.19 bits per heavy atom. The molecule has 1 aliphatic heterocycles. The van der Waals surface area contributed by atoms with Gasteiger partial charge in [0, 0.05) is 32.4 Å². The number of benzene rings is 1. The molecular weight excluding hydrogens is 364 g/mol. The third kappa shape index (κ3) is 3.55. The van der Waals surface area contributed by atoms with Gasteiger partial charge in [-0.05, 0) is 49.2 Å². The summed E-state index contributed by atoms with van der Waals surface area (Å²) in [5.74, 6) is 1.23. The number of halogens is 1. The molecule has 8 heteroatoms. The van der Waals surface area contributed by atoms with Crippen molar-refractivity contribution in [3.05, 3.63) is 46.6 Å². The number of pyridine rings is 1. The van der Waals surface area contributed by atoms with Crippen LogP contribution in [0.3, 0.4) is 0 Å². The maximum atomic E-state index is 12.6. The minimum absolute atomic E-state index is 0.158. The van der Waals surface area contributed by atoms with Crippen LogP contribution in [0, 0.1) is 13.8 Å². The molecule has 0 radical (unpaired) electrons. The average molecular weight is 385 g/mol. The summed E-state index contributed by atoms with van der Waals surface area (Å²) in [6, 6.07) is 7.55. The normalized spacial score (nSPS) is 14.6. The van der Waals surface area contributed by atoms with Crippen molar-refractivity contribution in [2.45, 2.75) is 13.8 Å². The fourth-order valence-electron chi connectivity index (χ4n) is 3.24. The molecule has 0 aliphatic carbocycles. The molecule has 1 aromatic carbocycles. The Labute approximate surface area is 162 Å². The third-order valence-corrected chi connectivity index (χ3v) is 5.22. The van der Waals surface area contributed by atoms with Gasteiger partial charge in [-0.15, -0.1) is 0 Å². The van der Waals surface area contributed by atoms with Gasteiger partial charge in [0.1, 0.15) is 5.82 Å². The molecule has 0 spiro atoms. The molecule has 0 saturated carbocycles. The van der Waals surface area contributed by atoms with Gasteiger partial charge in [0.15, 0.2) is 0 Å². The second-order valence-electron chi connectivity index (χ2n) is 6.75. The molecule has 2 amide bonds. The molecule has 7 nitrogen and oxygen atoms in total. The Hall–Kier alpha value is -2.80. The molecule has 2 aromatic heterocycles. The predicted octanol–water partition coefficient (Wildman–Crippen LogP) is 3.58. The first kappa shape index (κ1) is 17.6. The fourth-order valence-corrected chi connectivity index (χ4v) is 3.48. The van der Waals surface area contributed by atoms with E-state index in [1.807, 2.05) is 24.3 Å². The number of nitrogens with one attached hydrogen (secondary N) is 2. The van der Waals surface area contributed by atoms with Crippen LogP contribution in [0.25, 0.3) is 11.0 Å². The SMILES string of the molecule is Cc1cc2nc(NC(=O)N3CCN(c4ncccc4Cl)CC3)[nH]c2cc1C. The molecule has 1 fully saturated rings. The first-order valence-electron chi connectivity index (χ1n) is 8.89. The molecule has 1 aliphatic rings. The molecule has 3 heterocycles. The number of imidazole rings is 1. The number of aromatic amines is 1. The summed E-state index contributed by atoms with van der Waals surface area (Å²) < 4.78 is 0. The maximum Gasteiger partial charge on any atom is 0.324 e. The van der Waals surface area contributed by atoms with Gasteiger partial charge in [0.25, 0.3) is 0 Å². The Morgan fingerprint density at radius 2 is 1.93 bits per heavy atom. The second kappa shape index (κ2) is 7.08. The van der Waals surface area contributed by atoms with Gasteiger partial charge < -0.3 is 14.8 Å². The van der Waals surface area contributed by atoms with Crippen molar-refractivity contribution >= 4 is 40.4 Å². The number of urea groups is 1. The number of aryl methyl sites for hydroxylation is 2. The molecule has 0 bridgehead atoms. The maximum absolute atomic E-state index is 12.6. The highest BCUT2D eigenvalue weighted by atomic mass is 35.5. The van der Waals surface area contributed by atoms with Crippen molar-refractivity contribution in [1.29, 1.82) is 0 Å². The highest BCUT2D eigenvalue weighted by molar-refractivity contribution is 6.32. The number of hydrogen-bond acceptors (Lipinski definition) is 4. The number of H-pyrrole nitrogens is 1. The van der Waals surface area contributed by atoms with E-state index in [1.165, 1.54) is 11.1 Å². The zero-order valence-corrected chi connectivity index (χ0v) is 16.0. The largest absolute Gasteiger partial charge is 0.352 e. The van der Waals surface area contributed by atoms with Gasteiger partial charge in [-0.3, -0.25) is 5.32 Å². The quantitative estimate of drug-likeness (QED) is 0.708. The number of aromatic nitrogens is 3. The highest BCUT2D eigenvalue weighted by Gasteiger charge is 2.23. The number of rotatable bonds is 2. The van der Waals surface area contributed by atoms with E-state index in [2.05, 4.69) is 39.0 Å². The van der Waals surface area contributed by atoms with Crippen LogP contribution in [-0.2, 0) is 0 Å². The van der Waals surface area contributed by atoms with Crippen LogP contribution in [0.1, 0.15) is 11.1 Å². The Bertz CT molecular complexity index is 954. The van der Waals surface area contributed by atoms with Crippen molar-refractivity contribution < 1.29 is 4.79 Å². The van der Waals surface area contributed by atoms with Gasteiger partial charge in [-0.2, -0.15) is 0 Å². The van der Waals surface area contributed by atoms with Crippen molar-refractivity contribution in [3.63, 3.8) is 0 Å². The Kier molecular flexibility index (Phi) is 4.61. The van der Waals surface area contributed by atoms with Gasteiger partial charge in [-0.25, -0.2) is 14.8 Å². The van der Waals surface area contributed by atoms with Crippen molar-refractivity contribution in [1.82, 2.24) is 19.9 Å². The van der Waals surface area contributed by atoms with Crippen molar-refractivity contribution in [2.24, 2.45) is 0 Å². The Balaban J connectivity index is 1.40. The number of amides is 2. The predicted molar refractivity (Wildman–Crippen MR) is 108 cm³/mol. The smallest absolute Gasteiger partial charge is 0.324 e. The summed E-state index contributed by atoms with van der Waals surface area (Å²) in [6.45, 7) is 6.66. The third-order valence-electron chi connectivity index (χ3n) is 4.93. The lowest BCUT2D eigenvalue weighted by molar-refractivity contribution is 0.208. The fraction of sp³-hybridized carbons (Fsp3) is 0.316. The molecule has 27 heavy (non-hydrogen) atoms. The van der Waals surface area contributed by atoms with E-state index in [1.54, 1.807) is 11.1 Å². The standard InChI is InChI=1S/C19H21ClN6O/c1-12-10-15-16(11-13(12)2)23-18(22-15)24-19(27)26-8-6-25(7-9-26)17-14(20)4-3-5-21-17/h3-5,10-11H,6-9H2,1-2H3,(H2,22,23,24,27). The lowest BCUT2D eigenvalue weighted by Gasteiger charge is -2.35. The van der Waals surface area contributed by atoms with E-state index >= 15 is 0 Å². The van der Waals surface area contributed by atoms with Crippen LogP contribution in [-0.4, -0.2) is 52.1 Å². The average Bonchev–Trinajstić information content (AvgIpc) is 3.03. The van der Waals surface area contributed by atoms with E-state index in [0.29, 0.717) is 37.1 Å². The van der Waals surface area contributed by atoms with Crippen LogP contribution in [0.2, 0.25) is 5.02 Å². The van der Waals surface area contributed by atoms with E-state index in [4.69, 9.17) is 11.6 Å². The summed E-state index contributed by atoms with van der Waals surface area (Å²) in [5.41, 5.74) is 4.13. The van der Waals surface area contributed by atoms with Gasteiger partial charge in [0.2, 0.25) is 5.95 Å². The number of carbonyl (C=O) groups excluding carboxylic acids is 1. The second-order valence-corrected chi connectivity index (χ2v) is 7.16. The number of hydrogen-bond donors (Lipinski definition) is 2. The summed E-state index contributed by atoms with van der Waals surface area (Å²) in [7, 11) is 0. The summed E-state index contributed by atoms with van der Waals surface area (Å²) in [4.78, 5) is 28.4. The molecule has 4 rings (SSSR count). The van der Waals surface area contributed by atoms with Gasteiger partial charge in [-0.1, -0.05) is 11.6 Å². The van der Waals surface area contributed by atoms with Crippen LogP contribution < -0.4 is 10.2 Å². The molecular formula is C19H21ClN6O. The molecule has 0 unspecified atom stereocenters. The molecule has 1 saturated heterocycles. The summed E-state index contributed by atoms with van der Waals surface area (Å²) >= 11 is 6.22. The van der Waals surface area contributed by atoms with E-state index in [0.717, 1.165) is 16.9 Å². The van der Waals surface area contributed by atoms with Crippen LogP contribution in [0.5, 0.6) is 0 Å². The van der Waals surface area contributed by atoms with E-state index in [9.17, 15) is 4.79 Å². The van der Waals surface area contributed by atoms with Crippen LogP contribution in [0.4, 0.5) is 16.6 Å². The summed E-state index contributed by atoms with van der Waals surface area (Å²) in [6.07, 6.45) is 1.73. The van der Waals surface area contributed by atoms with Crippen LogP contribution >= 0.6 is 11.6 Å².